The molecule has 4 heterocycles. The highest BCUT2D eigenvalue weighted by Crippen LogP contribution is 2.34. The fourth-order valence-corrected chi connectivity index (χ4v) is 5.35. The van der Waals surface area contributed by atoms with Gasteiger partial charge in [-0.05, 0) is 30.0 Å². The number of sulfonamides is 1. The van der Waals surface area contributed by atoms with Gasteiger partial charge in [0.15, 0.2) is 0 Å². The molecule has 3 aromatic rings. The number of nitrogens with two attached hydrogens (primary N) is 1. The third-order valence-electron chi connectivity index (χ3n) is 4.70. The Labute approximate surface area is 159 Å². The molecule has 1 saturated heterocycles. The maximum atomic E-state index is 12.0. The number of hydrogen-bond donors (Lipinski definition) is 1. The third kappa shape index (κ3) is 2.72. The molecule has 0 bridgehead atoms. The monoisotopic (exact) mass is 412 g/mol. The average Bonchev–Trinajstić information content (AvgIpc) is 3.23. The summed E-state index contributed by atoms with van der Waals surface area (Å²) in [5.41, 5.74) is 7.73. The molecule has 0 atom stereocenters. The maximum absolute atomic E-state index is 12.0. The summed E-state index contributed by atoms with van der Waals surface area (Å²) >= 11 is 7.57. The predicted molar refractivity (Wildman–Crippen MR) is 102 cm³/mol. The van der Waals surface area contributed by atoms with Gasteiger partial charge in [0, 0.05) is 31.4 Å². The normalized spacial score (nSPS) is 17.5. The van der Waals surface area contributed by atoms with Gasteiger partial charge >= 0.3 is 0 Å². The molecular formula is C15H17ClN6O2S2. The quantitative estimate of drug-likeness (QED) is 0.637. The lowest BCUT2D eigenvalue weighted by atomic mass is 9.93. The van der Waals surface area contributed by atoms with Gasteiger partial charge in [0.25, 0.3) is 0 Å². The molecule has 2 N–H and O–H groups in total. The fourth-order valence-electron chi connectivity index (χ4n) is 3.09. The third-order valence-corrected chi connectivity index (χ3v) is 7.55. The Morgan fingerprint density at radius 1 is 1.38 bits per heavy atom. The van der Waals surface area contributed by atoms with E-state index in [0.29, 0.717) is 25.3 Å². The summed E-state index contributed by atoms with van der Waals surface area (Å²) in [4.78, 5) is 8.56. The summed E-state index contributed by atoms with van der Waals surface area (Å²) in [6.07, 6.45) is 3.55. The van der Waals surface area contributed by atoms with Gasteiger partial charge in [0.1, 0.15) is 5.54 Å². The van der Waals surface area contributed by atoms with Gasteiger partial charge < -0.3 is 5.73 Å². The number of aromatic nitrogens is 4. The van der Waals surface area contributed by atoms with Gasteiger partial charge in [-0.25, -0.2) is 18.4 Å². The lowest BCUT2D eigenvalue weighted by molar-refractivity contribution is 0.0759. The van der Waals surface area contributed by atoms with Crippen LogP contribution in [-0.4, -0.2) is 57.9 Å². The minimum Gasteiger partial charge on any atom is -0.328 e. The molecule has 138 valence electrons. The van der Waals surface area contributed by atoms with Crippen LogP contribution in [0.2, 0.25) is 5.28 Å². The largest absolute Gasteiger partial charge is 0.328 e. The van der Waals surface area contributed by atoms with Crippen LogP contribution in [0, 0.1) is 0 Å². The molecule has 4 rings (SSSR count). The number of fused-ring (bicyclic) bond motifs is 1. The first-order valence-corrected chi connectivity index (χ1v) is 10.9. The Morgan fingerprint density at radius 2 is 2.15 bits per heavy atom. The number of nitrogens with zero attached hydrogens (tertiary/aromatic N) is 5. The van der Waals surface area contributed by atoms with Crippen LogP contribution in [0.3, 0.4) is 0 Å². The second-order valence-corrected chi connectivity index (χ2v) is 9.76. The molecule has 8 nitrogen and oxygen atoms in total. The van der Waals surface area contributed by atoms with Crippen molar-refractivity contribution >= 4 is 43.2 Å². The smallest absolute Gasteiger partial charge is 0.223 e. The molecule has 0 aromatic carbocycles. The van der Waals surface area contributed by atoms with Crippen molar-refractivity contribution in [2.75, 3.05) is 25.4 Å². The standard InChI is InChI=1S/C15H17ClN6O2S2/c1-2-26(23,24)21-8-15(7-17,9-21)22-6-10(5-18-22)12-13-11(3-4-25-13)19-14(16)20-12/h3-6H,2,7-9,17H2,1H3. The Morgan fingerprint density at radius 3 is 2.85 bits per heavy atom. The zero-order valence-electron chi connectivity index (χ0n) is 14.0. The highest BCUT2D eigenvalue weighted by Gasteiger charge is 2.48. The molecule has 11 heteroatoms. The Bertz CT molecular complexity index is 1070. The average molecular weight is 413 g/mol. The first-order valence-electron chi connectivity index (χ1n) is 8.03. The first-order chi connectivity index (χ1) is 12.4. The van der Waals surface area contributed by atoms with E-state index in [1.807, 2.05) is 17.6 Å². The molecule has 0 saturated carbocycles. The van der Waals surface area contributed by atoms with Gasteiger partial charge in [-0.15, -0.1) is 11.3 Å². The van der Waals surface area contributed by atoms with Gasteiger partial charge in [-0.3, -0.25) is 4.68 Å². The second-order valence-electron chi connectivity index (χ2n) is 6.25. The van der Waals surface area contributed by atoms with E-state index in [1.165, 1.54) is 15.6 Å². The summed E-state index contributed by atoms with van der Waals surface area (Å²) < 4.78 is 28.2. The van der Waals surface area contributed by atoms with Crippen molar-refractivity contribution in [2.45, 2.75) is 12.5 Å². The Hall–Kier alpha value is -1.59. The molecular weight excluding hydrogens is 396 g/mol. The molecule has 0 radical (unpaired) electrons. The van der Waals surface area contributed by atoms with Crippen molar-refractivity contribution in [3.63, 3.8) is 0 Å². The number of rotatable bonds is 5. The topological polar surface area (TPSA) is 107 Å². The molecule has 3 aromatic heterocycles. The summed E-state index contributed by atoms with van der Waals surface area (Å²) in [5.74, 6) is 0.0772. The Balaban J connectivity index is 1.69. The highest BCUT2D eigenvalue weighted by molar-refractivity contribution is 7.89. The molecule has 1 aliphatic heterocycles. The maximum Gasteiger partial charge on any atom is 0.223 e. The van der Waals surface area contributed by atoms with E-state index in [4.69, 9.17) is 17.3 Å². The van der Waals surface area contributed by atoms with E-state index < -0.39 is 15.6 Å². The van der Waals surface area contributed by atoms with Crippen molar-refractivity contribution < 1.29 is 8.42 Å². The van der Waals surface area contributed by atoms with E-state index in [-0.39, 0.29) is 11.0 Å². The molecule has 0 aliphatic carbocycles. The zero-order valence-corrected chi connectivity index (χ0v) is 16.4. The predicted octanol–water partition coefficient (Wildman–Crippen LogP) is 1.53. The van der Waals surface area contributed by atoms with Gasteiger partial charge in [-0.2, -0.15) is 9.40 Å². The van der Waals surface area contributed by atoms with Gasteiger partial charge in [0.05, 0.1) is 27.9 Å². The SMILES string of the molecule is CCS(=O)(=O)N1CC(CN)(n2cc(-c3nc(Cl)nc4ccsc34)cn2)C1. The highest BCUT2D eigenvalue weighted by atomic mass is 35.5. The van der Waals surface area contributed by atoms with E-state index in [2.05, 4.69) is 15.1 Å². The first kappa shape index (κ1) is 17.8. The minimum absolute atomic E-state index is 0.0772. The van der Waals surface area contributed by atoms with Crippen LogP contribution in [0.4, 0.5) is 0 Å². The van der Waals surface area contributed by atoms with Crippen molar-refractivity contribution in [1.82, 2.24) is 24.1 Å². The fraction of sp³-hybridized carbons (Fsp3) is 0.400. The van der Waals surface area contributed by atoms with Crippen molar-refractivity contribution in [3.05, 3.63) is 29.1 Å². The lowest BCUT2D eigenvalue weighted by Crippen LogP contribution is -2.67. The molecule has 0 amide bonds. The summed E-state index contributed by atoms with van der Waals surface area (Å²) in [7, 11) is -3.22. The molecule has 26 heavy (non-hydrogen) atoms. The number of halogens is 1. The van der Waals surface area contributed by atoms with E-state index in [1.54, 1.807) is 17.8 Å². The van der Waals surface area contributed by atoms with Crippen molar-refractivity contribution in [3.8, 4) is 11.3 Å². The minimum atomic E-state index is -3.22. The van der Waals surface area contributed by atoms with E-state index >= 15 is 0 Å². The number of hydrogen-bond acceptors (Lipinski definition) is 7. The van der Waals surface area contributed by atoms with E-state index in [9.17, 15) is 8.42 Å². The van der Waals surface area contributed by atoms with E-state index in [0.717, 1.165) is 15.8 Å². The number of thiophene rings is 1. The summed E-state index contributed by atoms with van der Waals surface area (Å²) in [6.45, 7) is 2.57. The molecule has 1 aliphatic rings. The van der Waals surface area contributed by atoms with Crippen LogP contribution in [0.5, 0.6) is 0 Å². The van der Waals surface area contributed by atoms with Gasteiger partial charge in [-0.1, -0.05) is 0 Å². The van der Waals surface area contributed by atoms with Crippen LogP contribution < -0.4 is 5.73 Å². The van der Waals surface area contributed by atoms with Crippen LogP contribution in [-0.2, 0) is 15.6 Å². The summed E-state index contributed by atoms with van der Waals surface area (Å²) in [6, 6.07) is 1.89. The van der Waals surface area contributed by atoms with Crippen LogP contribution in [0.25, 0.3) is 21.5 Å². The molecule has 0 unspecified atom stereocenters. The lowest BCUT2D eigenvalue weighted by Gasteiger charge is -2.48. The van der Waals surface area contributed by atoms with Crippen molar-refractivity contribution in [2.24, 2.45) is 5.73 Å². The van der Waals surface area contributed by atoms with Crippen LogP contribution in [0.1, 0.15) is 6.92 Å². The second kappa shape index (κ2) is 6.24. The summed E-state index contributed by atoms with van der Waals surface area (Å²) in [5, 5.41) is 6.55. The Kier molecular flexibility index (Phi) is 4.27. The molecule has 0 spiro atoms. The van der Waals surface area contributed by atoms with Crippen LogP contribution >= 0.6 is 22.9 Å². The zero-order chi connectivity index (χ0) is 18.5. The molecule has 1 fully saturated rings. The van der Waals surface area contributed by atoms with Crippen molar-refractivity contribution in [1.29, 1.82) is 0 Å². The van der Waals surface area contributed by atoms with Gasteiger partial charge in [0.2, 0.25) is 15.3 Å². The van der Waals surface area contributed by atoms with Crippen LogP contribution in [0.15, 0.2) is 23.8 Å².